The van der Waals surface area contributed by atoms with Crippen molar-refractivity contribution < 1.29 is 0 Å². The van der Waals surface area contributed by atoms with Crippen LogP contribution in [0.1, 0.15) is 17.7 Å². The van der Waals surface area contributed by atoms with Crippen LogP contribution >= 0.6 is 11.3 Å². The predicted octanol–water partition coefficient (Wildman–Crippen LogP) is 4.24. The molecular weight excluding hydrogens is 316 g/mol. The number of hydrogen-bond donors (Lipinski definition) is 2. The Morgan fingerprint density at radius 2 is 2.00 bits per heavy atom. The highest BCUT2D eigenvalue weighted by molar-refractivity contribution is 7.12. The lowest BCUT2D eigenvalue weighted by Crippen LogP contribution is -2.23. The molecule has 3 aromatic rings. The minimum Gasteiger partial charge on any atom is -0.346 e. The highest BCUT2D eigenvalue weighted by Gasteiger charge is 2.12. The number of hydrogen-bond acceptors (Lipinski definition) is 3. The molecule has 1 aliphatic rings. The third-order valence-electron chi connectivity index (χ3n) is 4.67. The van der Waals surface area contributed by atoms with E-state index < -0.39 is 0 Å². The fourth-order valence-corrected chi connectivity index (χ4v) is 3.97. The second kappa shape index (κ2) is 6.79. The lowest BCUT2D eigenvalue weighted by atomic mass is 10.2. The quantitative estimate of drug-likeness (QED) is 0.540. The average Bonchev–Trinajstić information content (AvgIpc) is 3.34. The summed E-state index contributed by atoms with van der Waals surface area (Å²) in [6, 6.07) is 12.5. The van der Waals surface area contributed by atoms with Crippen LogP contribution in [0.4, 0.5) is 5.69 Å². The maximum Gasteiger partial charge on any atom is 0.140 e. The van der Waals surface area contributed by atoms with Gasteiger partial charge in [-0.15, -0.1) is 11.3 Å². The summed E-state index contributed by atoms with van der Waals surface area (Å²) in [4.78, 5) is 3.50. The number of aromatic nitrogens is 1. The number of thiophene rings is 1. The van der Waals surface area contributed by atoms with Crippen LogP contribution < -0.4 is 5.32 Å². The van der Waals surface area contributed by atoms with Crippen LogP contribution in [0.15, 0.2) is 48.0 Å². The Labute approximate surface area is 146 Å². The van der Waals surface area contributed by atoms with E-state index in [1.807, 2.05) is 17.5 Å². The summed E-state index contributed by atoms with van der Waals surface area (Å²) in [5, 5.41) is 14.7. The molecule has 2 N–H and O–H groups in total. The van der Waals surface area contributed by atoms with Gasteiger partial charge in [-0.3, -0.25) is 5.41 Å². The van der Waals surface area contributed by atoms with Crippen LogP contribution in [-0.2, 0) is 6.54 Å². The van der Waals surface area contributed by atoms with Crippen LogP contribution in [0.3, 0.4) is 0 Å². The molecule has 4 rings (SSSR count). The van der Waals surface area contributed by atoms with E-state index in [9.17, 15) is 0 Å². The Kier molecular flexibility index (Phi) is 4.36. The number of benzene rings is 1. The molecule has 24 heavy (non-hydrogen) atoms. The van der Waals surface area contributed by atoms with Crippen LogP contribution in [0.25, 0.3) is 10.9 Å². The zero-order valence-corrected chi connectivity index (χ0v) is 14.5. The van der Waals surface area contributed by atoms with Gasteiger partial charge in [-0.25, -0.2) is 0 Å². The molecule has 5 heteroatoms. The standard InChI is InChI=1S/C19H22N4S/c20-19(18-4-3-13-24-18)21-16-6-5-15-7-10-23(17(15)14-16)12-11-22-8-1-2-9-22/h3-7,10,13-14H,1-2,8-9,11-12H2,(H2,20,21). The Bertz CT molecular complexity index is 828. The molecule has 0 spiro atoms. The molecule has 0 saturated carbocycles. The fourth-order valence-electron chi connectivity index (χ4n) is 3.34. The van der Waals surface area contributed by atoms with Crippen molar-refractivity contribution >= 4 is 33.8 Å². The van der Waals surface area contributed by atoms with Gasteiger partial charge in [-0.2, -0.15) is 0 Å². The molecule has 0 amide bonds. The number of fused-ring (bicyclic) bond motifs is 1. The third kappa shape index (κ3) is 3.23. The summed E-state index contributed by atoms with van der Waals surface area (Å²) in [7, 11) is 0. The molecule has 1 saturated heterocycles. The van der Waals surface area contributed by atoms with Gasteiger partial charge in [0.15, 0.2) is 0 Å². The van der Waals surface area contributed by atoms with Crippen molar-refractivity contribution in [3.8, 4) is 0 Å². The molecule has 1 aromatic carbocycles. The van der Waals surface area contributed by atoms with E-state index in [1.165, 1.54) is 36.8 Å². The lowest BCUT2D eigenvalue weighted by Gasteiger charge is -2.15. The van der Waals surface area contributed by atoms with Crippen LogP contribution in [0.5, 0.6) is 0 Å². The number of likely N-dealkylation sites (tertiary alicyclic amines) is 1. The predicted molar refractivity (Wildman–Crippen MR) is 102 cm³/mol. The van der Waals surface area contributed by atoms with Gasteiger partial charge in [0.2, 0.25) is 0 Å². The Morgan fingerprint density at radius 3 is 2.79 bits per heavy atom. The van der Waals surface area contributed by atoms with Crippen molar-refractivity contribution in [2.45, 2.75) is 19.4 Å². The van der Waals surface area contributed by atoms with Gasteiger partial charge in [-0.1, -0.05) is 12.1 Å². The van der Waals surface area contributed by atoms with Crippen molar-refractivity contribution in [3.05, 3.63) is 52.9 Å². The average molecular weight is 338 g/mol. The van der Waals surface area contributed by atoms with Crippen LogP contribution in [-0.4, -0.2) is 34.9 Å². The van der Waals surface area contributed by atoms with Gasteiger partial charge in [0.05, 0.1) is 10.4 Å². The number of rotatable bonds is 5. The molecule has 4 nitrogen and oxygen atoms in total. The Hall–Kier alpha value is -2.11. The van der Waals surface area contributed by atoms with Crippen molar-refractivity contribution in [1.29, 1.82) is 5.41 Å². The molecule has 0 aliphatic carbocycles. The first-order chi connectivity index (χ1) is 11.8. The van der Waals surface area contributed by atoms with E-state index in [0.717, 1.165) is 23.7 Å². The maximum atomic E-state index is 8.19. The molecule has 1 aliphatic heterocycles. The largest absolute Gasteiger partial charge is 0.346 e. The first-order valence-corrected chi connectivity index (χ1v) is 9.38. The molecule has 124 valence electrons. The third-order valence-corrected chi connectivity index (χ3v) is 5.55. The lowest BCUT2D eigenvalue weighted by molar-refractivity contribution is 0.324. The van der Waals surface area contributed by atoms with E-state index in [2.05, 4.69) is 45.2 Å². The SMILES string of the molecule is N=C(Nc1ccc2ccn(CCN3CCCC3)c2c1)c1cccs1. The molecule has 3 heterocycles. The van der Waals surface area contributed by atoms with Crippen molar-refractivity contribution in [2.24, 2.45) is 0 Å². The first-order valence-electron chi connectivity index (χ1n) is 8.50. The minimum atomic E-state index is 0.458. The molecule has 0 radical (unpaired) electrons. The van der Waals surface area contributed by atoms with Gasteiger partial charge < -0.3 is 14.8 Å². The van der Waals surface area contributed by atoms with E-state index in [0.29, 0.717) is 5.84 Å². The van der Waals surface area contributed by atoms with Gasteiger partial charge in [-0.05, 0) is 61.0 Å². The number of nitrogens with zero attached hydrogens (tertiary/aromatic N) is 2. The molecule has 0 unspecified atom stereocenters. The summed E-state index contributed by atoms with van der Waals surface area (Å²) in [5.74, 6) is 0.458. The summed E-state index contributed by atoms with van der Waals surface area (Å²) in [5.41, 5.74) is 2.21. The van der Waals surface area contributed by atoms with Gasteiger partial charge in [0.25, 0.3) is 0 Å². The molecule has 2 aromatic heterocycles. The highest BCUT2D eigenvalue weighted by Crippen LogP contribution is 2.22. The first kappa shape index (κ1) is 15.4. The van der Waals surface area contributed by atoms with Crippen molar-refractivity contribution in [3.63, 3.8) is 0 Å². The zero-order valence-electron chi connectivity index (χ0n) is 13.7. The van der Waals surface area contributed by atoms with Gasteiger partial charge >= 0.3 is 0 Å². The van der Waals surface area contributed by atoms with Gasteiger partial charge in [0, 0.05) is 25.0 Å². The summed E-state index contributed by atoms with van der Waals surface area (Å²) < 4.78 is 2.33. The molecule has 1 fully saturated rings. The molecular formula is C19H22N4S. The zero-order chi connectivity index (χ0) is 16.4. The Balaban J connectivity index is 1.50. The smallest absolute Gasteiger partial charge is 0.140 e. The summed E-state index contributed by atoms with van der Waals surface area (Å²) >= 11 is 1.58. The van der Waals surface area contributed by atoms with Crippen LogP contribution in [0.2, 0.25) is 0 Å². The topological polar surface area (TPSA) is 44.1 Å². The van der Waals surface area contributed by atoms with Crippen molar-refractivity contribution in [2.75, 3.05) is 25.0 Å². The van der Waals surface area contributed by atoms with Crippen molar-refractivity contribution in [1.82, 2.24) is 9.47 Å². The fraction of sp³-hybridized carbons (Fsp3) is 0.316. The number of nitrogens with one attached hydrogen (secondary N) is 2. The monoisotopic (exact) mass is 338 g/mol. The van der Waals surface area contributed by atoms with E-state index in [4.69, 9.17) is 5.41 Å². The van der Waals surface area contributed by atoms with E-state index in [-0.39, 0.29) is 0 Å². The maximum absolute atomic E-state index is 8.19. The highest BCUT2D eigenvalue weighted by atomic mass is 32.1. The summed E-state index contributed by atoms with van der Waals surface area (Å²) in [6.07, 6.45) is 4.85. The van der Waals surface area contributed by atoms with Crippen LogP contribution in [0, 0.1) is 5.41 Å². The Morgan fingerprint density at radius 1 is 1.12 bits per heavy atom. The van der Waals surface area contributed by atoms with E-state index in [1.54, 1.807) is 11.3 Å². The second-order valence-electron chi connectivity index (χ2n) is 6.31. The summed E-state index contributed by atoms with van der Waals surface area (Å²) in [6.45, 7) is 4.62. The molecule has 0 bridgehead atoms. The second-order valence-corrected chi connectivity index (χ2v) is 7.26. The minimum absolute atomic E-state index is 0.458. The van der Waals surface area contributed by atoms with Gasteiger partial charge in [0.1, 0.15) is 5.84 Å². The number of anilines is 1. The number of amidine groups is 1. The molecule has 0 atom stereocenters. The normalized spacial score (nSPS) is 15.2. The van der Waals surface area contributed by atoms with E-state index >= 15 is 0 Å².